The van der Waals surface area contributed by atoms with E-state index in [2.05, 4.69) is 5.32 Å². The molecule has 0 aromatic heterocycles. The number of allylic oxidation sites excluding steroid dienone is 3. The van der Waals surface area contributed by atoms with Gasteiger partial charge in [0, 0.05) is 40.9 Å². The molecule has 0 fully saturated rings. The molecule has 0 saturated carbocycles. The molecule has 34 heavy (non-hydrogen) atoms. The van der Waals surface area contributed by atoms with E-state index in [0.29, 0.717) is 53.5 Å². The third kappa shape index (κ3) is 5.08. The van der Waals surface area contributed by atoms with Crippen LogP contribution in [-0.2, 0) is 19.1 Å². The smallest absolute Gasteiger partial charge is 0.336 e. The molecule has 0 bridgehead atoms. The highest BCUT2D eigenvalue weighted by molar-refractivity contribution is 6.30. The molecule has 0 unspecified atom stereocenters. The van der Waals surface area contributed by atoms with Crippen molar-refractivity contribution in [3.63, 3.8) is 0 Å². The highest BCUT2D eigenvalue weighted by Gasteiger charge is 2.41. The number of hydrogen-bond donors (Lipinski definition) is 1. The number of carbonyl (C=O) groups is 2. The van der Waals surface area contributed by atoms with Crippen LogP contribution in [0.3, 0.4) is 0 Å². The van der Waals surface area contributed by atoms with Gasteiger partial charge in [-0.15, -0.1) is 0 Å². The average Bonchev–Trinajstić information content (AvgIpc) is 2.81. The number of rotatable bonds is 7. The molecule has 1 aliphatic heterocycles. The van der Waals surface area contributed by atoms with Crippen molar-refractivity contribution >= 4 is 23.4 Å². The first-order valence-corrected chi connectivity index (χ1v) is 11.8. The lowest BCUT2D eigenvalue weighted by molar-refractivity contribution is -0.140. The first-order valence-electron chi connectivity index (χ1n) is 11.4. The molecule has 1 heterocycles. The molecule has 1 aliphatic carbocycles. The maximum absolute atomic E-state index is 13.7. The van der Waals surface area contributed by atoms with Crippen molar-refractivity contribution in [1.82, 2.24) is 5.32 Å². The highest BCUT2D eigenvalue weighted by atomic mass is 35.5. The molecule has 7 heteroatoms. The van der Waals surface area contributed by atoms with Gasteiger partial charge < -0.3 is 14.8 Å². The Bertz CT molecular complexity index is 1140. The molecule has 5 nitrogen and oxygen atoms in total. The topological polar surface area (TPSA) is 64.6 Å². The molecule has 178 valence electrons. The fourth-order valence-electron chi connectivity index (χ4n) is 4.68. The van der Waals surface area contributed by atoms with Crippen LogP contribution in [0.15, 0.2) is 71.1 Å². The summed E-state index contributed by atoms with van der Waals surface area (Å²) in [6.45, 7) is 4.59. The van der Waals surface area contributed by atoms with Gasteiger partial charge in [0.15, 0.2) is 5.78 Å². The van der Waals surface area contributed by atoms with E-state index in [1.807, 2.05) is 31.2 Å². The Kier molecular flexibility index (Phi) is 7.49. The van der Waals surface area contributed by atoms with Crippen LogP contribution in [0, 0.1) is 5.82 Å². The SMILES string of the molecule is CCOCCOC(=O)C1=C(C)NC2=C(C(=O)C[C@H](c3ccc(Cl)cc3)C2)[C@H]1c1ccc(F)cc1. The summed E-state index contributed by atoms with van der Waals surface area (Å²) in [5.74, 6) is -1.58. The molecule has 0 spiro atoms. The van der Waals surface area contributed by atoms with Crippen molar-refractivity contribution in [2.24, 2.45) is 0 Å². The summed E-state index contributed by atoms with van der Waals surface area (Å²) in [6, 6.07) is 13.4. The highest BCUT2D eigenvalue weighted by Crippen LogP contribution is 2.45. The van der Waals surface area contributed by atoms with Crippen molar-refractivity contribution in [3.8, 4) is 0 Å². The Morgan fingerprint density at radius 3 is 2.41 bits per heavy atom. The van der Waals surface area contributed by atoms with Crippen molar-refractivity contribution in [1.29, 1.82) is 0 Å². The van der Waals surface area contributed by atoms with Gasteiger partial charge in [-0.05, 0) is 61.6 Å². The zero-order valence-electron chi connectivity index (χ0n) is 19.2. The minimum Gasteiger partial charge on any atom is -0.460 e. The van der Waals surface area contributed by atoms with E-state index in [-0.39, 0.29) is 24.1 Å². The number of carbonyl (C=O) groups excluding carboxylic acids is 2. The first-order chi connectivity index (χ1) is 16.4. The Hall–Kier alpha value is -2.96. The second-order valence-corrected chi connectivity index (χ2v) is 8.89. The maximum Gasteiger partial charge on any atom is 0.336 e. The van der Waals surface area contributed by atoms with Gasteiger partial charge in [0.2, 0.25) is 0 Å². The van der Waals surface area contributed by atoms with Crippen LogP contribution in [0.4, 0.5) is 4.39 Å². The molecular formula is C27H27ClFNO4. The quantitative estimate of drug-likeness (QED) is 0.421. The fraction of sp³-hybridized carbons (Fsp3) is 0.333. The van der Waals surface area contributed by atoms with Crippen LogP contribution in [-0.4, -0.2) is 31.6 Å². The van der Waals surface area contributed by atoms with Gasteiger partial charge in [-0.2, -0.15) is 0 Å². The minimum absolute atomic E-state index is 0.00243. The number of hydrogen-bond acceptors (Lipinski definition) is 5. The van der Waals surface area contributed by atoms with Gasteiger partial charge in [-0.3, -0.25) is 4.79 Å². The van der Waals surface area contributed by atoms with Gasteiger partial charge in [0.1, 0.15) is 12.4 Å². The lowest BCUT2D eigenvalue weighted by atomic mass is 9.72. The predicted molar refractivity (Wildman–Crippen MR) is 128 cm³/mol. The van der Waals surface area contributed by atoms with Crippen molar-refractivity contribution < 1.29 is 23.5 Å². The van der Waals surface area contributed by atoms with E-state index in [1.165, 1.54) is 12.1 Å². The maximum atomic E-state index is 13.7. The second-order valence-electron chi connectivity index (χ2n) is 8.45. The van der Waals surface area contributed by atoms with Crippen molar-refractivity contribution in [2.45, 2.75) is 38.5 Å². The number of nitrogens with one attached hydrogen (secondary N) is 1. The zero-order valence-corrected chi connectivity index (χ0v) is 20.0. The second kappa shape index (κ2) is 10.5. The summed E-state index contributed by atoms with van der Waals surface area (Å²) < 4.78 is 24.4. The predicted octanol–water partition coefficient (Wildman–Crippen LogP) is 5.42. The Balaban J connectivity index is 1.70. The Labute approximate surface area is 203 Å². The molecule has 2 aromatic rings. The zero-order chi connectivity index (χ0) is 24.2. The summed E-state index contributed by atoms with van der Waals surface area (Å²) >= 11 is 6.03. The van der Waals surface area contributed by atoms with Crippen LogP contribution in [0.1, 0.15) is 49.7 Å². The van der Waals surface area contributed by atoms with E-state index in [0.717, 1.165) is 11.3 Å². The largest absolute Gasteiger partial charge is 0.460 e. The molecule has 0 amide bonds. The lowest BCUT2D eigenvalue weighted by Crippen LogP contribution is -2.36. The van der Waals surface area contributed by atoms with Crippen LogP contribution >= 0.6 is 11.6 Å². The van der Waals surface area contributed by atoms with Crippen LogP contribution in [0.2, 0.25) is 5.02 Å². The van der Waals surface area contributed by atoms with Crippen LogP contribution in [0.25, 0.3) is 0 Å². The lowest BCUT2D eigenvalue weighted by Gasteiger charge is -2.36. The molecule has 2 aromatic carbocycles. The molecule has 1 N–H and O–H groups in total. The summed E-state index contributed by atoms with van der Waals surface area (Å²) in [5.41, 5.74) is 4.02. The third-order valence-corrected chi connectivity index (χ3v) is 6.51. The number of ether oxygens (including phenoxy) is 2. The van der Waals surface area contributed by atoms with Gasteiger partial charge in [0.25, 0.3) is 0 Å². The van der Waals surface area contributed by atoms with E-state index in [1.54, 1.807) is 19.1 Å². The molecule has 0 radical (unpaired) electrons. The van der Waals surface area contributed by atoms with E-state index < -0.39 is 11.9 Å². The summed E-state index contributed by atoms with van der Waals surface area (Å²) in [4.78, 5) is 26.6. The Morgan fingerprint density at radius 1 is 1.06 bits per heavy atom. The molecule has 4 rings (SSSR count). The Morgan fingerprint density at radius 2 is 1.74 bits per heavy atom. The van der Waals surface area contributed by atoms with Gasteiger partial charge >= 0.3 is 5.97 Å². The summed E-state index contributed by atoms with van der Waals surface area (Å²) in [6.07, 6.45) is 0.927. The molecule has 2 aliphatic rings. The number of dihydropyridines is 1. The standard InChI is InChI=1S/C27H27ClFNO4/c1-3-33-12-13-34-27(32)24-16(2)30-22-14-19(17-4-8-20(28)9-5-17)15-23(31)26(22)25(24)18-6-10-21(29)11-7-18/h4-11,19,25,30H,3,12-15H2,1-2H3/t19-,25+/m1/s1. The van der Waals surface area contributed by atoms with Crippen molar-refractivity contribution in [3.05, 3.63) is 93.0 Å². The van der Waals surface area contributed by atoms with Crippen LogP contribution in [0.5, 0.6) is 0 Å². The van der Waals surface area contributed by atoms with Crippen molar-refractivity contribution in [2.75, 3.05) is 19.8 Å². The summed E-state index contributed by atoms with van der Waals surface area (Å²) in [7, 11) is 0. The number of esters is 1. The monoisotopic (exact) mass is 483 g/mol. The normalized spacial score (nSPS) is 20.2. The molecular weight excluding hydrogens is 457 g/mol. The first kappa shape index (κ1) is 24.2. The number of halogens is 2. The number of benzene rings is 2. The average molecular weight is 484 g/mol. The minimum atomic E-state index is -0.630. The third-order valence-electron chi connectivity index (χ3n) is 6.26. The van der Waals surface area contributed by atoms with Crippen LogP contribution < -0.4 is 5.32 Å². The van der Waals surface area contributed by atoms with E-state index in [9.17, 15) is 14.0 Å². The summed E-state index contributed by atoms with van der Waals surface area (Å²) in [5, 5.41) is 3.95. The van der Waals surface area contributed by atoms with Gasteiger partial charge in [-0.1, -0.05) is 35.9 Å². The number of Topliss-reactive ketones (excluding diaryl/α,β-unsaturated/α-hetero) is 1. The number of ketones is 1. The van der Waals surface area contributed by atoms with Gasteiger partial charge in [0.05, 0.1) is 12.2 Å². The fourth-order valence-corrected chi connectivity index (χ4v) is 4.81. The molecule has 0 saturated heterocycles. The van der Waals surface area contributed by atoms with E-state index >= 15 is 0 Å². The van der Waals surface area contributed by atoms with E-state index in [4.69, 9.17) is 21.1 Å². The molecule has 2 atom stereocenters. The van der Waals surface area contributed by atoms with Gasteiger partial charge in [-0.25, -0.2) is 9.18 Å².